The van der Waals surface area contributed by atoms with Crippen LogP contribution in [0.5, 0.6) is 0 Å². The normalized spacial score (nSPS) is 11.4. The van der Waals surface area contributed by atoms with Crippen molar-refractivity contribution in [1.82, 2.24) is 14.6 Å². The molecule has 2 aromatic heterocycles. The molecule has 0 aliphatic heterocycles. The molecular weight excluding hydrogens is 293 g/mol. The molecule has 102 valence electrons. The van der Waals surface area contributed by atoms with Crippen molar-refractivity contribution in [2.75, 3.05) is 0 Å². The van der Waals surface area contributed by atoms with Crippen LogP contribution in [-0.2, 0) is 0 Å². The summed E-state index contributed by atoms with van der Waals surface area (Å²) in [5, 5.41) is 5.38. The Bertz CT molecular complexity index is 764. The van der Waals surface area contributed by atoms with Gasteiger partial charge in [0.2, 0.25) is 0 Å². The lowest BCUT2D eigenvalue weighted by Gasteiger charge is -2.08. The average Bonchev–Trinajstić information content (AvgIpc) is 2.84. The van der Waals surface area contributed by atoms with Crippen LogP contribution < -0.4 is 0 Å². The van der Waals surface area contributed by atoms with Crippen LogP contribution in [0.4, 0.5) is 0 Å². The Kier molecular flexibility index (Phi) is 3.40. The molecule has 0 saturated heterocycles. The predicted octanol–water partition coefficient (Wildman–Crippen LogP) is 4.83. The van der Waals surface area contributed by atoms with E-state index in [9.17, 15) is 0 Å². The van der Waals surface area contributed by atoms with Crippen LogP contribution >= 0.6 is 23.2 Å². The molecule has 0 spiro atoms. The third-order valence-corrected chi connectivity index (χ3v) is 3.80. The number of halogens is 2. The van der Waals surface area contributed by atoms with Crippen LogP contribution in [0.2, 0.25) is 10.3 Å². The van der Waals surface area contributed by atoms with E-state index in [2.05, 4.69) is 23.9 Å². The number of benzene rings is 1. The second-order valence-electron chi connectivity index (χ2n) is 4.93. The van der Waals surface area contributed by atoms with Gasteiger partial charge in [0, 0.05) is 6.07 Å². The van der Waals surface area contributed by atoms with Gasteiger partial charge >= 0.3 is 0 Å². The van der Waals surface area contributed by atoms with Gasteiger partial charge in [-0.25, -0.2) is 9.50 Å². The average molecular weight is 306 g/mol. The highest BCUT2D eigenvalue weighted by atomic mass is 35.5. The maximum atomic E-state index is 6.48. The van der Waals surface area contributed by atoms with Crippen molar-refractivity contribution in [3.63, 3.8) is 0 Å². The molecule has 0 aliphatic carbocycles. The molecule has 0 fully saturated rings. The highest BCUT2D eigenvalue weighted by Gasteiger charge is 2.17. The SMILES string of the molecule is CC(C)c1cc2nc(Cl)c(-c3ccccc3)c(Cl)n2n1. The maximum absolute atomic E-state index is 6.48. The maximum Gasteiger partial charge on any atom is 0.158 e. The lowest BCUT2D eigenvalue weighted by Crippen LogP contribution is -1.97. The summed E-state index contributed by atoms with van der Waals surface area (Å²) in [6.45, 7) is 4.16. The molecule has 3 nitrogen and oxygen atoms in total. The molecule has 3 rings (SSSR count). The van der Waals surface area contributed by atoms with Crippen molar-refractivity contribution in [3.05, 3.63) is 52.4 Å². The van der Waals surface area contributed by atoms with E-state index in [-0.39, 0.29) is 0 Å². The summed E-state index contributed by atoms with van der Waals surface area (Å²) in [5.74, 6) is 0.312. The molecule has 20 heavy (non-hydrogen) atoms. The quantitative estimate of drug-likeness (QED) is 0.635. The van der Waals surface area contributed by atoms with Crippen molar-refractivity contribution in [2.24, 2.45) is 0 Å². The fourth-order valence-corrected chi connectivity index (χ4v) is 2.74. The molecule has 1 aromatic carbocycles. The van der Waals surface area contributed by atoms with Gasteiger partial charge in [-0.3, -0.25) is 0 Å². The Labute approximate surface area is 127 Å². The van der Waals surface area contributed by atoms with Crippen LogP contribution in [-0.4, -0.2) is 14.6 Å². The fourth-order valence-electron chi connectivity index (χ4n) is 2.09. The Morgan fingerprint density at radius 2 is 1.80 bits per heavy atom. The molecule has 0 aliphatic rings. The molecule has 0 bridgehead atoms. The van der Waals surface area contributed by atoms with E-state index in [1.165, 1.54) is 0 Å². The Balaban J connectivity index is 2.29. The largest absolute Gasteiger partial charge is 0.216 e. The third-order valence-electron chi connectivity index (χ3n) is 3.17. The zero-order valence-electron chi connectivity index (χ0n) is 11.1. The molecule has 0 amide bonds. The molecule has 0 atom stereocenters. The Morgan fingerprint density at radius 3 is 2.45 bits per heavy atom. The molecule has 3 aromatic rings. The number of hydrogen-bond donors (Lipinski definition) is 0. The van der Waals surface area contributed by atoms with E-state index in [4.69, 9.17) is 23.2 Å². The molecular formula is C15H13Cl2N3. The van der Waals surface area contributed by atoms with Crippen molar-refractivity contribution < 1.29 is 0 Å². The number of fused-ring (bicyclic) bond motifs is 1. The van der Waals surface area contributed by atoms with E-state index >= 15 is 0 Å². The molecule has 2 heterocycles. The van der Waals surface area contributed by atoms with Crippen LogP contribution in [0.1, 0.15) is 25.5 Å². The predicted molar refractivity (Wildman–Crippen MR) is 82.5 cm³/mol. The highest BCUT2D eigenvalue weighted by Crippen LogP contribution is 2.34. The van der Waals surface area contributed by atoms with E-state index in [1.807, 2.05) is 36.4 Å². The van der Waals surface area contributed by atoms with Gasteiger partial charge in [0.25, 0.3) is 0 Å². The van der Waals surface area contributed by atoms with Crippen LogP contribution in [0.25, 0.3) is 16.8 Å². The summed E-state index contributed by atoms with van der Waals surface area (Å²) in [7, 11) is 0. The molecule has 0 radical (unpaired) electrons. The minimum Gasteiger partial charge on any atom is -0.216 e. The van der Waals surface area contributed by atoms with Gasteiger partial charge in [-0.1, -0.05) is 67.4 Å². The van der Waals surface area contributed by atoms with Gasteiger partial charge in [-0.05, 0) is 11.5 Å². The summed E-state index contributed by atoms with van der Waals surface area (Å²) in [4.78, 5) is 4.40. The van der Waals surface area contributed by atoms with Crippen LogP contribution in [0.3, 0.4) is 0 Å². The minimum atomic E-state index is 0.312. The van der Waals surface area contributed by atoms with E-state index < -0.39 is 0 Å². The fraction of sp³-hybridized carbons (Fsp3) is 0.200. The summed E-state index contributed by atoms with van der Waals surface area (Å²) in [6.07, 6.45) is 0. The summed E-state index contributed by atoms with van der Waals surface area (Å²) in [5.41, 5.74) is 3.25. The summed E-state index contributed by atoms with van der Waals surface area (Å²) >= 11 is 12.8. The Hall–Kier alpha value is -1.58. The summed E-state index contributed by atoms with van der Waals surface area (Å²) in [6, 6.07) is 11.6. The smallest absolute Gasteiger partial charge is 0.158 e. The number of aromatic nitrogens is 3. The first-order valence-corrected chi connectivity index (χ1v) is 7.13. The van der Waals surface area contributed by atoms with Gasteiger partial charge in [0.15, 0.2) is 5.65 Å². The third kappa shape index (κ3) is 2.17. The minimum absolute atomic E-state index is 0.312. The zero-order chi connectivity index (χ0) is 14.3. The monoisotopic (exact) mass is 305 g/mol. The highest BCUT2D eigenvalue weighted by molar-refractivity contribution is 6.38. The first-order chi connectivity index (χ1) is 9.58. The van der Waals surface area contributed by atoms with Crippen LogP contribution in [0.15, 0.2) is 36.4 Å². The second-order valence-corrected chi connectivity index (χ2v) is 5.64. The second kappa shape index (κ2) is 5.08. The number of nitrogens with zero attached hydrogens (tertiary/aromatic N) is 3. The topological polar surface area (TPSA) is 30.2 Å². The number of rotatable bonds is 2. The number of hydrogen-bond acceptors (Lipinski definition) is 2. The van der Waals surface area contributed by atoms with E-state index in [0.717, 1.165) is 11.3 Å². The van der Waals surface area contributed by atoms with Crippen molar-refractivity contribution >= 4 is 28.8 Å². The zero-order valence-corrected chi connectivity index (χ0v) is 12.7. The standard InChI is InChI=1S/C15H13Cl2N3/c1-9(2)11-8-12-18-14(16)13(15(17)20(12)19-11)10-6-4-3-5-7-10/h3-9H,1-2H3. The van der Waals surface area contributed by atoms with Crippen molar-refractivity contribution in [2.45, 2.75) is 19.8 Å². The van der Waals surface area contributed by atoms with E-state index in [1.54, 1.807) is 4.52 Å². The Morgan fingerprint density at radius 1 is 1.10 bits per heavy atom. The summed E-state index contributed by atoms with van der Waals surface area (Å²) < 4.78 is 1.64. The first-order valence-electron chi connectivity index (χ1n) is 6.38. The van der Waals surface area contributed by atoms with Gasteiger partial charge in [-0.15, -0.1) is 0 Å². The lowest BCUT2D eigenvalue weighted by molar-refractivity contribution is 0.787. The molecule has 0 saturated carbocycles. The van der Waals surface area contributed by atoms with E-state index in [0.29, 0.717) is 27.4 Å². The molecule has 0 unspecified atom stereocenters. The molecule has 5 heteroatoms. The van der Waals surface area contributed by atoms with Crippen LogP contribution in [0, 0.1) is 0 Å². The van der Waals surface area contributed by atoms with Gasteiger partial charge in [-0.2, -0.15) is 5.10 Å². The van der Waals surface area contributed by atoms with Gasteiger partial charge in [0.1, 0.15) is 10.3 Å². The van der Waals surface area contributed by atoms with Crippen molar-refractivity contribution in [3.8, 4) is 11.1 Å². The van der Waals surface area contributed by atoms with Gasteiger partial charge in [0.05, 0.1) is 11.3 Å². The van der Waals surface area contributed by atoms with Gasteiger partial charge < -0.3 is 0 Å². The van der Waals surface area contributed by atoms with Crippen molar-refractivity contribution in [1.29, 1.82) is 0 Å². The first kappa shape index (κ1) is 13.4. The molecule has 0 N–H and O–H groups in total. The lowest BCUT2D eigenvalue weighted by atomic mass is 10.1.